The van der Waals surface area contributed by atoms with Crippen LogP contribution in [0, 0.1) is 5.92 Å². The molecule has 0 rings (SSSR count). The molecule has 0 aliphatic carbocycles. The summed E-state index contributed by atoms with van der Waals surface area (Å²) in [4.78, 5) is 25.1. The first-order valence-corrected chi connectivity index (χ1v) is 6.76. The molecule has 0 fully saturated rings. The smallest absolute Gasteiger partial charge is 0.329 e. The maximum absolute atomic E-state index is 11.8. The summed E-state index contributed by atoms with van der Waals surface area (Å²) >= 11 is 0. The lowest BCUT2D eigenvalue weighted by molar-refractivity contribution is -0.163. The van der Waals surface area contributed by atoms with Crippen molar-refractivity contribution in [3.05, 3.63) is 0 Å². The summed E-state index contributed by atoms with van der Waals surface area (Å²) in [6, 6.07) is -0.109. The van der Waals surface area contributed by atoms with E-state index in [2.05, 4.69) is 0 Å². The van der Waals surface area contributed by atoms with Gasteiger partial charge >= 0.3 is 5.97 Å². The fraction of sp³-hybridized carbons (Fsp3) is 0.857. The lowest BCUT2D eigenvalue weighted by atomic mass is 9.82. The van der Waals surface area contributed by atoms with Crippen LogP contribution in [0.2, 0.25) is 0 Å². The Labute approximate surface area is 110 Å². The molecule has 0 aromatic rings. The topological polar surface area (TPSA) is 57.6 Å². The number of rotatable bonds is 7. The van der Waals surface area contributed by atoms with Gasteiger partial charge in [0.15, 0.2) is 0 Å². The molecule has 0 aromatic heterocycles. The summed E-state index contributed by atoms with van der Waals surface area (Å²) in [7, 11) is 0. The van der Waals surface area contributed by atoms with Gasteiger partial charge in [0, 0.05) is 13.0 Å². The maximum atomic E-state index is 11.8. The average molecular weight is 257 g/mol. The molecule has 0 aliphatic heterocycles. The van der Waals surface area contributed by atoms with E-state index in [1.807, 2.05) is 34.6 Å². The van der Waals surface area contributed by atoms with Crippen LogP contribution in [0.4, 0.5) is 0 Å². The van der Waals surface area contributed by atoms with Crippen molar-refractivity contribution >= 4 is 11.9 Å². The highest BCUT2D eigenvalue weighted by atomic mass is 16.4. The third-order valence-electron chi connectivity index (χ3n) is 3.68. The second-order valence-electron chi connectivity index (χ2n) is 5.39. The number of nitrogens with zero attached hydrogens (tertiary/aromatic N) is 1. The molecular formula is C14H27NO3. The Morgan fingerprint density at radius 3 is 1.94 bits per heavy atom. The third kappa shape index (κ3) is 3.47. The molecule has 2 unspecified atom stereocenters. The Kier molecular flexibility index (Phi) is 6.36. The minimum atomic E-state index is -1.07. The van der Waals surface area contributed by atoms with Crippen LogP contribution < -0.4 is 0 Å². The Bertz CT molecular complexity index is 301. The molecule has 1 amide bonds. The molecule has 0 bridgehead atoms. The normalized spacial score (nSPS) is 16.2. The van der Waals surface area contributed by atoms with E-state index < -0.39 is 11.5 Å². The number of amides is 1. The molecule has 0 saturated carbocycles. The predicted molar refractivity (Wildman–Crippen MR) is 72.4 cm³/mol. The van der Waals surface area contributed by atoms with E-state index >= 15 is 0 Å². The molecular weight excluding hydrogens is 230 g/mol. The van der Waals surface area contributed by atoms with Gasteiger partial charge in [0.2, 0.25) is 5.91 Å². The molecule has 0 saturated heterocycles. The third-order valence-corrected chi connectivity index (χ3v) is 3.68. The predicted octanol–water partition coefficient (Wildman–Crippen LogP) is 2.91. The summed E-state index contributed by atoms with van der Waals surface area (Å²) in [5.74, 6) is -0.784. The van der Waals surface area contributed by atoms with Gasteiger partial charge in [0.05, 0.1) is 0 Å². The van der Waals surface area contributed by atoms with E-state index in [-0.39, 0.29) is 17.9 Å². The van der Waals surface area contributed by atoms with Crippen LogP contribution in [0.15, 0.2) is 0 Å². The van der Waals surface area contributed by atoms with Gasteiger partial charge in [-0.25, -0.2) is 4.79 Å². The van der Waals surface area contributed by atoms with Gasteiger partial charge in [-0.2, -0.15) is 0 Å². The quantitative estimate of drug-likeness (QED) is 0.763. The fourth-order valence-electron chi connectivity index (χ4n) is 2.63. The van der Waals surface area contributed by atoms with Crippen molar-refractivity contribution in [1.29, 1.82) is 0 Å². The Morgan fingerprint density at radius 2 is 1.72 bits per heavy atom. The van der Waals surface area contributed by atoms with Gasteiger partial charge in [0.25, 0.3) is 0 Å². The summed E-state index contributed by atoms with van der Waals surface area (Å²) in [5, 5.41) is 9.64. The van der Waals surface area contributed by atoms with Crippen LogP contribution in [0.3, 0.4) is 0 Å². The van der Waals surface area contributed by atoms with Crippen molar-refractivity contribution in [2.45, 2.75) is 72.4 Å². The number of carbonyl (C=O) groups excluding carboxylic acids is 1. The van der Waals surface area contributed by atoms with Gasteiger partial charge in [-0.15, -0.1) is 0 Å². The second-order valence-corrected chi connectivity index (χ2v) is 5.39. The lowest BCUT2D eigenvalue weighted by Gasteiger charge is -2.43. The summed E-state index contributed by atoms with van der Waals surface area (Å²) in [6.07, 6.45) is 1.86. The van der Waals surface area contributed by atoms with E-state index in [1.54, 1.807) is 0 Å². The minimum Gasteiger partial charge on any atom is -0.479 e. The number of aliphatic carboxylic acids is 1. The second kappa shape index (κ2) is 6.76. The molecule has 4 heteroatoms. The maximum Gasteiger partial charge on any atom is 0.329 e. The van der Waals surface area contributed by atoms with Crippen LogP contribution in [-0.2, 0) is 9.59 Å². The zero-order valence-corrected chi connectivity index (χ0v) is 12.5. The van der Waals surface area contributed by atoms with Crippen molar-refractivity contribution in [3.8, 4) is 0 Å². The Hall–Kier alpha value is -1.06. The van der Waals surface area contributed by atoms with Crippen LogP contribution >= 0.6 is 0 Å². The molecule has 18 heavy (non-hydrogen) atoms. The molecule has 1 N–H and O–H groups in total. The van der Waals surface area contributed by atoms with E-state index in [9.17, 15) is 14.7 Å². The number of hydrogen-bond acceptors (Lipinski definition) is 2. The molecule has 0 radical (unpaired) electrons. The van der Waals surface area contributed by atoms with Crippen molar-refractivity contribution in [3.63, 3.8) is 0 Å². The molecule has 0 aliphatic rings. The van der Waals surface area contributed by atoms with Gasteiger partial charge in [-0.3, -0.25) is 4.79 Å². The molecule has 0 spiro atoms. The van der Waals surface area contributed by atoms with E-state index in [1.165, 1.54) is 11.8 Å². The molecule has 4 nitrogen and oxygen atoms in total. The molecule has 2 atom stereocenters. The fourth-order valence-corrected chi connectivity index (χ4v) is 2.63. The largest absolute Gasteiger partial charge is 0.479 e. The first kappa shape index (κ1) is 16.9. The summed E-state index contributed by atoms with van der Waals surface area (Å²) < 4.78 is 0. The van der Waals surface area contributed by atoms with Gasteiger partial charge < -0.3 is 10.0 Å². The number of carbonyl (C=O) groups is 2. The summed E-state index contributed by atoms with van der Waals surface area (Å²) in [5.41, 5.74) is -1.07. The van der Waals surface area contributed by atoms with E-state index in [4.69, 9.17) is 0 Å². The highest BCUT2D eigenvalue weighted by Gasteiger charge is 2.45. The van der Waals surface area contributed by atoms with Gasteiger partial charge in [0.1, 0.15) is 5.54 Å². The zero-order valence-electron chi connectivity index (χ0n) is 12.5. The van der Waals surface area contributed by atoms with E-state index in [0.29, 0.717) is 12.8 Å². The monoisotopic (exact) mass is 257 g/mol. The van der Waals surface area contributed by atoms with Crippen molar-refractivity contribution in [2.24, 2.45) is 5.92 Å². The van der Waals surface area contributed by atoms with E-state index in [0.717, 1.165) is 6.42 Å². The average Bonchev–Trinajstić information content (AvgIpc) is 2.26. The first-order chi connectivity index (χ1) is 8.22. The van der Waals surface area contributed by atoms with Crippen LogP contribution in [0.25, 0.3) is 0 Å². The minimum absolute atomic E-state index is 0.109. The first-order valence-electron chi connectivity index (χ1n) is 6.76. The lowest BCUT2D eigenvalue weighted by Crippen LogP contribution is -2.59. The number of carboxylic acids is 1. The number of hydrogen-bond donors (Lipinski definition) is 1. The van der Waals surface area contributed by atoms with Crippen LogP contribution in [0.5, 0.6) is 0 Å². The van der Waals surface area contributed by atoms with Crippen molar-refractivity contribution in [1.82, 2.24) is 4.90 Å². The Morgan fingerprint density at radius 1 is 1.22 bits per heavy atom. The Balaban J connectivity index is 5.54. The molecule has 0 aromatic carbocycles. The summed E-state index contributed by atoms with van der Waals surface area (Å²) in [6.45, 7) is 11.1. The van der Waals surface area contributed by atoms with Gasteiger partial charge in [-0.05, 0) is 32.6 Å². The zero-order chi connectivity index (χ0) is 14.5. The van der Waals surface area contributed by atoms with Crippen molar-refractivity contribution < 1.29 is 14.7 Å². The molecule has 106 valence electrons. The number of carboxylic acid groups (broad SMARTS) is 1. The van der Waals surface area contributed by atoms with Crippen LogP contribution in [-0.4, -0.2) is 33.5 Å². The van der Waals surface area contributed by atoms with Crippen LogP contribution in [0.1, 0.15) is 60.8 Å². The highest BCUT2D eigenvalue weighted by Crippen LogP contribution is 2.31. The molecule has 0 heterocycles. The SMILES string of the molecule is CCC(C)CC(CC)(C(=O)O)N(C(C)=O)C(C)C. The standard InChI is InChI=1S/C14H27NO3/c1-7-11(5)9-14(8-2,13(17)18)15(10(3)4)12(6)16/h10-11H,7-9H2,1-6H3,(H,17,18). The highest BCUT2D eigenvalue weighted by molar-refractivity contribution is 5.86. The van der Waals surface area contributed by atoms with Gasteiger partial charge in [-0.1, -0.05) is 27.2 Å². The van der Waals surface area contributed by atoms with Crippen molar-refractivity contribution in [2.75, 3.05) is 0 Å².